The molecule has 1 aliphatic carbocycles. The van der Waals surface area contributed by atoms with Crippen molar-refractivity contribution in [3.05, 3.63) is 137 Å². The van der Waals surface area contributed by atoms with Crippen LogP contribution in [0.4, 0.5) is 0 Å². The van der Waals surface area contributed by atoms with Crippen LogP contribution >= 0.6 is 0 Å². The lowest BCUT2D eigenvalue weighted by atomic mass is 9.80. The molecular formula is C39H34O4. The Morgan fingerprint density at radius 3 is 2.23 bits per heavy atom. The third-order valence-electron chi connectivity index (χ3n) is 9.10. The van der Waals surface area contributed by atoms with Crippen molar-refractivity contribution in [3.8, 4) is 22.6 Å². The zero-order valence-corrected chi connectivity index (χ0v) is 24.3. The van der Waals surface area contributed by atoms with Crippen LogP contribution in [0.15, 0.2) is 109 Å². The van der Waals surface area contributed by atoms with Gasteiger partial charge in [0.25, 0.3) is 0 Å². The van der Waals surface area contributed by atoms with Gasteiger partial charge >= 0.3 is 5.97 Å². The van der Waals surface area contributed by atoms with E-state index in [4.69, 9.17) is 9.47 Å². The lowest BCUT2D eigenvalue weighted by Gasteiger charge is -2.37. The smallest absolute Gasteiger partial charge is 0.338 e. The number of hydrogen-bond acceptors (Lipinski definition) is 4. The third-order valence-corrected chi connectivity index (χ3v) is 9.10. The molecule has 0 amide bonds. The van der Waals surface area contributed by atoms with E-state index in [2.05, 4.69) is 60.7 Å². The van der Waals surface area contributed by atoms with Crippen LogP contribution in [0.3, 0.4) is 0 Å². The van der Waals surface area contributed by atoms with Crippen molar-refractivity contribution in [1.29, 1.82) is 0 Å². The lowest BCUT2D eigenvalue weighted by Crippen LogP contribution is -2.34. The minimum Gasteiger partial charge on any atom is -0.508 e. The van der Waals surface area contributed by atoms with Gasteiger partial charge in [-0.2, -0.15) is 0 Å². The van der Waals surface area contributed by atoms with Crippen LogP contribution in [0.2, 0.25) is 0 Å². The van der Waals surface area contributed by atoms with Gasteiger partial charge in [0.1, 0.15) is 11.5 Å². The Balaban J connectivity index is 1.39. The number of phenolic OH excluding ortho intramolecular Hbond substituents is 1. The molecule has 214 valence electrons. The van der Waals surface area contributed by atoms with Crippen LogP contribution in [0.25, 0.3) is 28.0 Å². The molecular weight excluding hydrogens is 532 g/mol. The van der Waals surface area contributed by atoms with Crippen molar-refractivity contribution < 1.29 is 19.4 Å². The molecule has 1 heterocycles. The van der Waals surface area contributed by atoms with E-state index < -0.39 is 11.6 Å². The molecule has 43 heavy (non-hydrogen) atoms. The first-order valence-electron chi connectivity index (χ1n) is 15.1. The maximum atomic E-state index is 13.1. The molecule has 1 atom stereocenters. The number of aromatic hydroxyl groups is 1. The van der Waals surface area contributed by atoms with Gasteiger partial charge in [-0.1, -0.05) is 98.1 Å². The van der Waals surface area contributed by atoms with Crippen LogP contribution in [0.5, 0.6) is 11.5 Å². The summed E-state index contributed by atoms with van der Waals surface area (Å²) in [4.78, 5) is 13.1. The van der Waals surface area contributed by atoms with Crippen molar-refractivity contribution in [2.75, 3.05) is 7.11 Å². The highest BCUT2D eigenvalue weighted by Crippen LogP contribution is 2.47. The molecule has 5 aromatic rings. The van der Waals surface area contributed by atoms with E-state index in [1.165, 1.54) is 44.8 Å². The first-order chi connectivity index (χ1) is 21.1. The molecule has 1 N–H and O–H groups in total. The summed E-state index contributed by atoms with van der Waals surface area (Å²) in [6.45, 7) is 0. The molecule has 1 unspecified atom stereocenters. The summed E-state index contributed by atoms with van der Waals surface area (Å²) in [5, 5.41) is 11.6. The number of carbonyl (C=O) groups excluding carboxylic acids is 1. The van der Waals surface area contributed by atoms with Gasteiger partial charge in [0, 0.05) is 22.1 Å². The predicted molar refractivity (Wildman–Crippen MR) is 172 cm³/mol. The fourth-order valence-corrected chi connectivity index (χ4v) is 6.77. The Kier molecular flexibility index (Phi) is 6.98. The molecule has 0 spiro atoms. The Labute approximate surface area is 252 Å². The molecule has 4 nitrogen and oxygen atoms in total. The standard InChI is InChI=1S/C39H34O4/c1-42-38(41)36-25-30-24-29(28-14-19-33(40)20-15-28)16-21-34(30)37-35(36)22-23-39(43-37,31-10-6-3-7-11-31)32-17-12-27(13-18-32)26-8-4-2-5-9-26/h3,6-7,10-26,40H,2,4-5,8-9H2,1H3. The van der Waals surface area contributed by atoms with Crippen LogP contribution in [0, 0.1) is 0 Å². The van der Waals surface area contributed by atoms with E-state index in [9.17, 15) is 9.90 Å². The second-order valence-electron chi connectivity index (χ2n) is 11.6. The number of methoxy groups -OCH3 is 1. The van der Waals surface area contributed by atoms with E-state index in [0.717, 1.165) is 33.0 Å². The summed E-state index contributed by atoms with van der Waals surface area (Å²) in [7, 11) is 1.40. The van der Waals surface area contributed by atoms with E-state index in [1.807, 2.05) is 42.5 Å². The molecule has 5 aromatic carbocycles. The summed E-state index contributed by atoms with van der Waals surface area (Å²) < 4.78 is 12.4. The molecule has 0 aromatic heterocycles. The van der Waals surface area contributed by atoms with E-state index >= 15 is 0 Å². The van der Waals surface area contributed by atoms with Gasteiger partial charge < -0.3 is 14.6 Å². The summed E-state index contributed by atoms with van der Waals surface area (Å²) in [6.07, 6.45) is 10.5. The van der Waals surface area contributed by atoms with Crippen molar-refractivity contribution in [2.24, 2.45) is 0 Å². The zero-order valence-electron chi connectivity index (χ0n) is 24.3. The van der Waals surface area contributed by atoms with Crippen molar-refractivity contribution in [3.63, 3.8) is 0 Å². The third kappa shape index (κ3) is 4.87. The highest BCUT2D eigenvalue weighted by molar-refractivity contribution is 6.04. The molecule has 4 heteroatoms. The molecule has 7 rings (SSSR count). The average Bonchev–Trinajstić information content (AvgIpc) is 3.08. The number of esters is 1. The quantitative estimate of drug-likeness (QED) is 0.215. The minimum absolute atomic E-state index is 0.218. The molecule has 1 aliphatic heterocycles. The molecule has 0 bridgehead atoms. The summed E-state index contributed by atoms with van der Waals surface area (Å²) in [6, 6.07) is 34.4. The van der Waals surface area contributed by atoms with Gasteiger partial charge in [0.15, 0.2) is 5.60 Å². The van der Waals surface area contributed by atoms with Gasteiger partial charge in [-0.3, -0.25) is 0 Å². The Morgan fingerprint density at radius 2 is 1.51 bits per heavy atom. The maximum absolute atomic E-state index is 13.1. The zero-order chi connectivity index (χ0) is 29.4. The number of carbonyl (C=O) groups is 1. The van der Waals surface area contributed by atoms with Gasteiger partial charge in [-0.05, 0) is 77.3 Å². The normalized spacial score (nSPS) is 18.2. The fraction of sp³-hybridized carbons (Fsp3) is 0.205. The number of rotatable bonds is 5. The van der Waals surface area contributed by atoms with Crippen LogP contribution in [-0.2, 0) is 10.3 Å². The number of benzene rings is 5. The predicted octanol–water partition coefficient (Wildman–Crippen LogP) is 9.40. The van der Waals surface area contributed by atoms with Gasteiger partial charge in [0.05, 0.1) is 12.7 Å². The molecule has 1 fully saturated rings. The topological polar surface area (TPSA) is 55.8 Å². The largest absolute Gasteiger partial charge is 0.508 e. The second-order valence-corrected chi connectivity index (χ2v) is 11.6. The number of ether oxygens (including phenoxy) is 2. The molecule has 0 saturated heterocycles. The Morgan fingerprint density at radius 1 is 0.814 bits per heavy atom. The molecule has 1 saturated carbocycles. The van der Waals surface area contributed by atoms with Gasteiger partial charge in [0.2, 0.25) is 0 Å². The monoisotopic (exact) mass is 566 g/mol. The molecule has 2 aliphatic rings. The SMILES string of the molecule is COC(=O)c1cc2cc(-c3ccc(O)cc3)ccc2c2c1C=CC(c1ccccc1)(c1ccc(C3CCCCC3)cc1)O2. The maximum Gasteiger partial charge on any atom is 0.338 e. The minimum atomic E-state index is -0.878. The molecule has 0 radical (unpaired) electrons. The van der Waals surface area contributed by atoms with Crippen molar-refractivity contribution in [2.45, 2.75) is 43.6 Å². The Hall–Kier alpha value is -4.83. The number of fused-ring (bicyclic) bond motifs is 3. The van der Waals surface area contributed by atoms with Gasteiger partial charge in [-0.15, -0.1) is 0 Å². The van der Waals surface area contributed by atoms with E-state index in [-0.39, 0.29) is 5.75 Å². The first kappa shape index (κ1) is 27.0. The van der Waals surface area contributed by atoms with Crippen molar-refractivity contribution in [1.82, 2.24) is 0 Å². The number of phenols is 1. The lowest BCUT2D eigenvalue weighted by molar-refractivity contribution is 0.0599. The van der Waals surface area contributed by atoms with Crippen molar-refractivity contribution >= 4 is 22.8 Å². The fourth-order valence-electron chi connectivity index (χ4n) is 6.77. The van der Waals surface area contributed by atoms with Crippen LogP contribution < -0.4 is 4.74 Å². The first-order valence-corrected chi connectivity index (χ1v) is 15.1. The summed E-state index contributed by atoms with van der Waals surface area (Å²) in [5.41, 5.74) is 5.68. The highest BCUT2D eigenvalue weighted by Gasteiger charge is 2.39. The second kappa shape index (κ2) is 11.1. The summed E-state index contributed by atoms with van der Waals surface area (Å²) >= 11 is 0. The number of hydrogen-bond donors (Lipinski definition) is 1. The highest BCUT2D eigenvalue weighted by atomic mass is 16.5. The van der Waals surface area contributed by atoms with Gasteiger partial charge in [-0.25, -0.2) is 4.79 Å². The van der Waals surface area contributed by atoms with Crippen LogP contribution in [-0.4, -0.2) is 18.2 Å². The van der Waals surface area contributed by atoms with Crippen LogP contribution in [0.1, 0.15) is 70.6 Å². The average molecular weight is 567 g/mol. The Bertz CT molecular complexity index is 1810. The van der Waals surface area contributed by atoms with E-state index in [1.54, 1.807) is 12.1 Å². The summed E-state index contributed by atoms with van der Waals surface area (Å²) in [5.74, 6) is 1.08. The van der Waals surface area contributed by atoms with E-state index in [0.29, 0.717) is 22.8 Å².